The molecule has 1 aliphatic heterocycles. The van der Waals surface area contributed by atoms with Gasteiger partial charge in [0.1, 0.15) is 11.5 Å². The van der Waals surface area contributed by atoms with Crippen molar-refractivity contribution in [2.75, 3.05) is 27.3 Å². The Morgan fingerprint density at radius 2 is 1.86 bits per heavy atom. The first kappa shape index (κ1) is 19.5. The summed E-state index contributed by atoms with van der Waals surface area (Å²) in [6.07, 6.45) is 0.698. The van der Waals surface area contributed by atoms with Gasteiger partial charge in [0.15, 0.2) is 0 Å². The molecule has 152 valence electrons. The molecule has 4 rings (SSSR count). The number of rotatable bonds is 5. The van der Waals surface area contributed by atoms with Gasteiger partial charge in [0.25, 0.3) is 0 Å². The maximum Gasteiger partial charge on any atom is 0.248 e. The van der Waals surface area contributed by atoms with Crippen LogP contribution in [0.1, 0.15) is 17.9 Å². The van der Waals surface area contributed by atoms with Crippen LogP contribution in [-0.4, -0.2) is 45.0 Å². The van der Waals surface area contributed by atoms with E-state index in [0.717, 1.165) is 11.3 Å². The number of aromatic nitrogens is 1. The summed E-state index contributed by atoms with van der Waals surface area (Å²) in [4.78, 5) is 14.4. The minimum atomic E-state index is -3.65. The van der Waals surface area contributed by atoms with Crippen molar-refractivity contribution < 1.29 is 17.9 Å². The van der Waals surface area contributed by atoms with Crippen LogP contribution in [0.25, 0.3) is 10.9 Å². The van der Waals surface area contributed by atoms with E-state index in [9.17, 15) is 13.2 Å². The molecule has 1 aromatic heterocycles. The van der Waals surface area contributed by atoms with E-state index in [4.69, 9.17) is 9.47 Å². The summed E-state index contributed by atoms with van der Waals surface area (Å²) in [5.74, 6) is 1.46. The molecule has 1 atom stereocenters. The normalized spacial score (nSPS) is 17.5. The Kier molecular flexibility index (Phi) is 5.06. The zero-order chi connectivity index (χ0) is 20.6. The molecule has 29 heavy (non-hydrogen) atoms. The third-order valence-electron chi connectivity index (χ3n) is 5.36. The van der Waals surface area contributed by atoms with E-state index in [1.54, 1.807) is 32.4 Å². The van der Waals surface area contributed by atoms with Gasteiger partial charge in [0.2, 0.25) is 15.6 Å². The quantitative estimate of drug-likeness (QED) is 0.694. The molecule has 0 bridgehead atoms. The van der Waals surface area contributed by atoms with Crippen LogP contribution in [0.3, 0.4) is 0 Å². The average Bonchev–Trinajstić information content (AvgIpc) is 3.23. The summed E-state index contributed by atoms with van der Waals surface area (Å²) in [7, 11) is -0.441. The first-order valence-electron chi connectivity index (χ1n) is 9.27. The number of methoxy groups -OCH3 is 2. The van der Waals surface area contributed by atoms with Gasteiger partial charge in [0, 0.05) is 36.2 Å². The SMILES string of the molecule is COc1ccc(OC)c(C2CCN(S(=O)(=O)c3ccc4[nH]c(=O)ccc4c3)C2)c1. The number of benzene rings is 2. The van der Waals surface area contributed by atoms with Crippen molar-refractivity contribution in [3.8, 4) is 11.5 Å². The molecule has 1 fully saturated rings. The third kappa shape index (κ3) is 3.61. The second-order valence-electron chi connectivity index (χ2n) is 7.03. The van der Waals surface area contributed by atoms with Crippen LogP contribution >= 0.6 is 0 Å². The van der Waals surface area contributed by atoms with Crippen molar-refractivity contribution in [2.45, 2.75) is 17.2 Å². The van der Waals surface area contributed by atoms with Crippen LogP contribution in [-0.2, 0) is 10.0 Å². The molecule has 1 saturated heterocycles. The van der Waals surface area contributed by atoms with E-state index in [1.807, 2.05) is 18.2 Å². The summed E-state index contributed by atoms with van der Waals surface area (Å²) >= 11 is 0. The number of nitrogens with one attached hydrogen (secondary N) is 1. The van der Waals surface area contributed by atoms with Crippen LogP contribution in [0.15, 0.2) is 58.2 Å². The molecule has 2 heterocycles. The van der Waals surface area contributed by atoms with Crippen molar-refractivity contribution in [3.63, 3.8) is 0 Å². The lowest BCUT2D eigenvalue weighted by Crippen LogP contribution is -2.28. The summed E-state index contributed by atoms with van der Waals surface area (Å²) in [5, 5.41) is 0.677. The average molecular weight is 414 g/mol. The van der Waals surface area contributed by atoms with Gasteiger partial charge in [-0.25, -0.2) is 8.42 Å². The molecule has 1 N–H and O–H groups in total. The fourth-order valence-electron chi connectivity index (χ4n) is 3.80. The van der Waals surface area contributed by atoms with Crippen LogP contribution in [0.2, 0.25) is 0 Å². The van der Waals surface area contributed by atoms with Crippen LogP contribution in [0.5, 0.6) is 11.5 Å². The van der Waals surface area contributed by atoms with Crippen LogP contribution in [0.4, 0.5) is 0 Å². The smallest absolute Gasteiger partial charge is 0.248 e. The molecular formula is C21H22N2O5S. The first-order chi connectivity index (χ1) is 13.9. The Labute approximate surface area is 168 Å². The zero-order valence-electron chi connectivity index (χ0n) is 16.2. The highest BCUT2D eigenvalue weighted by Crippen LogP contribution is 2.37. The number of H-pyrrole nitrogens is 1. The number of ether oxygens (including phenoxy) is 2. The third-order valence-corrected chi connectivity index (χ3v) is 7.22. The predicted octanol–water partition coefficient (Wildman–Crippen LogP) is 2.72. The van der Waals surface area contributed by atoms with Gasteiger partial charge >= 0.3 is 0 Å². The lowest BCUT2D eigenvalue weighted by molar-refractivity contribution is 0.394. The second-order valence-corrected chi connectivity index (χ2v) is 8.97. The number of fused-ring (bicyclic) bond motifs is 1. The van der Waals surface area contributed by atoms with Gasteiger partial charge in [-0.2, -0.15) is 4.31 Å². The van der Waals surface area contributed by atoms with Crippen molar-refractivity contribution in [1.29, 1.82) is 0 Å². The highest BCUT2D eigenvalue weighted by atomic mass is 32.2. The largest absolute Gasteiger partial charge is 0.497 e. The van der Waals surface area contributed by atoms with E-state index in [-0.39, 0.29) is 16.4 Å². The number of hydrogen-bond acceptors (Lipinski definition) is 5. The van der Waals surface area contributed by atoms with E-state index in [0.29, 0.717) is 36.2 Å². The summed E-state index contributed by atoms with van der Waals surface area (Å²) in [6.45, 7) is 0.798. The number of sulfonamides is 1. The van der Waals surface area contributed by atoms with Gasteiger partial charge in [-0.1, -0.05) is 0 Å². The Morgan fingerprint density at radius 3 is 2.62 bits per heavy atom. The molecule has 8 heteroatoms. The molecule has 0 amide bonds. The van der Waals surface area contributed by atoms with Crippen molar-refractivity contribution in [1.82, 2.24) is 9.29 Å². The number of aromatic amines is 1. The minimum Gasteiger partial charge on any atom is -0.497 e. The molecule has 1 unspecified atom stereocenters. The highest BCUT2D eigenvalue weighted by Gasteiger charge is 2.34. The van der Waals surface area contributed by atoms with Gasteiger partial charge in [-0.15, -0.1) is 0 Å². The highest BCUT2D eigenvalue weighted by molar-refractivity contribution is 7.89. The number of pyridine rings is 1. The molecule has 0 saturated carbocycles. The maximum absolute atomic E-state index is 13.2. The van der Waals surface area contributed by atoms with E-state index >= 15 is 0 Å². The van der Waals surface area contributed by atoms with Gasteiger partial charge in [0.05, 0.1) is 19.1 Å². The predicted molar refractivity (Wildman–Crippen MR) is 110 cm³/mol. The van der Waals surface area contributed by atoms with Crippen LogP contribution in [0, 0.1) is 0 Å². The van der Waals surface area contributed by atoms with E-state index < -0.39 is 10.0 Å². The van der Waals surface area contributed by atoms with Crippen molar-refractivity contribution >= 4 is 20.9 Å². The minimum absolute atomic E-state index is 0.0200. The lowest BCUT2D eigenvalue weighted by atomic mass is 9.97. The monoisotopic (exact) mass is 414 g/mol. The molecular weight excluding hydrogens is 392 g/mol. The van der Waals surface area contributed by atoms with E-state index in [1.165, 1.54) is 16.4 Å². The van der Waals surface area contributed by atoms with Crippen molar-refractivity contribution in [2.24, 2.45) is 0 Å². The van der Waals surface area contributed by atoms with Gasteiger partial charge < -0.3 is 14.5 Å². The fraction of sp³-hybridized carbons (Fsp3) is 0.286. The molecule has 3 aromatic rings. The Hall–Kier alpha value is -2.84. The first-order valence-corrected chi connectivity index (χ1v) is 10.7. The molecule has 0 spiro atoms. The maximum atomic E-state index is 13.2. The fourth-order valence-corrected chi connectivity index (χ4v) is 5.34. The topological polar surface area (TPSA) is 88.7 Å². The second kappa shape index (κ2) is 7.53. The van der Waals surface area contributed by atoms with Crippen LogP contribution < -0.4 is 15.0 Å². The molecule has 7 nitrogen and oxygen atoms in total. The Morgan fingerprint density at radius 1 is 1.03 bits per heavy atom. The summed E-state index contributed by atoms with van der Waals surface area (Å²) in [6, 6.07) is 13.3. The molecule has 0 radical (unpaired) electrons. The number of hydrogen-bond donors (Lipinski definition) is 1. The standard InChI is InChI=1S/C21H22N2O5S/c1-27-16-4-7-20(28-2)18(12-16)15-9-10-23(13-15)29(25,26)17-5-6-19-14(11-17)3-8-21(24)22-19/h3-8,11-12,15H,9-10,13H2,1-2H3,(H,22,24). The molecule has 2 aromatic carbocycles. The Balaban J connectivity index is 1.63. The molecule has 0 aliphatic carbocycles. The van der Waals surface area contributed by atoms with Gasteiger partial charge in [-0.05, 0) is 54.3 Å². The summed E-state index contributed by atoms with van der Waals surface area (Å²) in [5.41, 5.74) is 1.33. The van der Waals surface area contributed by atoms with Gasteiger partial charge in [-0.3, -0.25) is 4.79 Å². The Bertz CT molecular complexity index is 1220. The van der Waals surface area contributed by atoms with E-state index in [2.05, 4.69) is 4.98 Å². The lowest BCUT2D eigenvalue weighted by Gasteiger charge is -2.18. The number of nitrogens with zero attached hydrogens (tertiary/aromatic N) is 1. The summed E-state index contributed by atoms with van der Waals surface area (Å²) < 4.78 is 38.7. The van der Waals surface area contributed by atoms with Crippen molar-refractivity contribution in [3.05, 3.63) is 64.4 Å². The molecule has 1 aliphatic rings. The zero-order valence-corrected chi connectivity index (χ0v) is 17.0.